The predicted molar refractivity (Wildman–Crippen MR) is 67.4 cm³/mol. The number of aromatic nitrogens is 1. The van der Waals surface area contributed by atoms with Crippen LogP contribution in [0.2, 0.25) is 0 Å². The maximum atomic E-state index is 12.4. The zero-order valence-electron chi connectivity index (χ0n) is 10.9. The summed E-state index contributed by atoms with van der Waals surface area (Å²) < 4.78 is 5.27. The van der Waals surface area contributed by atoms with E-state index in [-0.39, 0.29) is 5.91 Å². The lowest BCUT2D eigenvalue weighted by molar-refractivity contribution is 0.0597. The summed E-state index contributed by atoms with van der Waals surface area (Å²) in [5, 5.41) is 3.96. The van der Waals surface area contributed by atoms with Gasteiger partial charge in [0.15, 0.2) is 5.69 Å². The molecule has 3 rings (SSSR count). The monoisotopic (exact) mass is 248 g/mol. The summed E-state index contributed by atoms with van der Waals surface area (Å²) in [5.74, 6) is 1.46. The van der Waals surface area contributed by atoms with Crippen LogP contribution in [0.15, 0.2) is 10.6 Å². The van der Waals surface area contributed by atoms with Gasteiger partial charge in [-0.3, -0.25) is 4.79 Å². The van der Waals surface area contributed by atoms with Crippen molar-refractivity contribution in [2.75, 3.05) is 6.54 Å². The van der Waals surface area contributed by atoms with Crippen molar-refractivity contribution >= 4 is 5.91 Å². The molecule has 4 heteroatoms. The first-order chi connectivity index (χ1) is 8.79. The highest BCUT2D eigenvalue weighted by Crippen LogP contribution is 2.40. The Morgan fingerprint density at radius 3 is 3.00 bits per heavy atom. The third-order valence-corrected chi connectivity index (χ3v) is 4.09. The van der Waals surface area contributed by atoms with Crippen LogP contribution in [0.5, 0.6) is 0 Å². The van der Waals surface area contributed by atoms with Gasteiger partial charge in [0.25, 0.3) is 5.91 Å². The number of hydrogen-bond donors (Lipinski definition) is 0. The van der Waals surface area contributed by atoms with Gasteiger partial charge in [-0.15, -0.1) is 0 Å². The Morgan fingerprint density at radius 2 is 2.28 bits per heavy atom. The third kappa shape index (κ3) is 2.16. The topological polar surface area (TPSA) is 46.3 Å². The SMILES string of the molecule is CC[C@@H]1CCCCN1C(=O)c1cc(C2CC2)on1. The summed E-state index contributed by atoms with van der Waals surface area (Å²) in [7, 11) is 0. The number of rotatable bonds is 3. The highest BCUT2D eigenvalue weighted by Gasteiger charge is 2.32. The summed E-state index contributed by atoms with van der Waals surface area (Å²) in [6.07, 6.45) is 6.83. The molecule has 1 aliphatic carbocycles. The number of piperidine rings is 1. The van der Waals surface area contributed by atoms with Crippen molar-refractivity contribution in [3.05, 3.63) is 17.5 Å². The quantitative estimate of drug-likeness (QED) is 0.826. The first-order valence-corrected chi connectivity index (χ1v) is 7.07. The molecular formula is C14H20N2O2. The van der Waals surface area contributed by atoms with Gasteiger partial charge in [0.1, 0.15) is 5.76 Å². The molecule has 4 nitrogen and oxygen atoms in total. The van der Waals surface area contributed by atoms with Gasteiger partial charge in [0, 0.05) is 24.6 Å². The molecule has 1 amide bonds. The molecule has 2 heterocycles. The summed E-state index contributed by atoms with van der Waals surface area (Å²) in [4.78, 5) is 14.4. The lowest BCUT2D eigenvalue weighted by Crippen LogP contribution is -2.43. The Morgan fingerprint density at radius 1 is 1.44 bits per heavy atom. The van der Waals surface area contributed by atoms with E-state index in [4.69, 9.17) is 4.52 Å². The predicted octanol–water partition coefficient (Wildman–Crippen LogP) is 2.96. The first kappa shape index (κ1) is 11.8. The van der Waals surface area contributed by atoms with Crippen LogP contribution in [0.3, 0.4) is 0 Å². The van der Waals surface area contributed by atoms with E-state index in [0.717, 1.165) is 31.6 Å². The Bertz CT molecular complexity index is 437. The van der Waals surface area contributed by atoms with E-state index in [1.54, 1.807) is 0 Å². The van der Waals surface area contributed by atoms with E-state index in [9.17, 15) is 4.79 Å². The lowest BCUT2D eigenvalue weighted by atomic mass is 9.99. The van der Waals surface area contributed by atoms with E-state index in [2.05, 4.69) is 12.1 Å². The Balaban J connectivity index is 1.74. The summed E-state index contributed by atoms with van der Waals surface area (Å²) in [5.41, 5.74) is 0.497. The lowest BCUT2D eigenvalue weighted by Gasteiger charge is -2.34. The Hall–Kier alpha value is -1.32. The molecule has 2 fully saturated rings. The molecule has 0 N–H and O–H groups in total. The van der Waals surface area contributed by atoms with Crippen molar-refractivity contribution in [2.24, 2.45) is 0 Å². The van der Waals surface area contributed by atoms with Crippen LogP contribution in [0.1, 0.15) is 67.6 Å². The molecule has 0 aromatic carbocycles. The van der Waals surface area contributed by atoms with E-state index >= 15 is 0 Å². The van der Waals surface area contributed by atoms with E-state index < -0.39 is 0 Å². The molecule has 1 aromatic rings. The number of amides is 1. The fraction of sp³-hybridized carbons (Fsp3) is 0.714. The number of nitrogens with zero attached hydrogens (tertiary/aromatic N) is 2. The molecule has 0 spiro atoms. The van der Waals surface area contributed by atoms with Crippen molar-refractivity contribution in [2.45, 2.75) is 57.4 Å². The summed E-state index contributed by atoms with van der Waals surface area (Å²) in [6, 6.07) is 2.23. The average molecular weight is 248 g/mol. The minimum atomic E-state index is 0.0530. The molecule has 0 radical (unpaired) electrons. The van der Waals surface area contributed by atoms with Crippen LogP contribution < -0.4 is 0 Å². The smallest absolute Gasteiger partial charge is 0.276 e. The maximum absolute atomic E-state index is 12.4. The van der Waals surface area contributed by atoms with Crippen LogP contribution in [0.4, 0.5) is 0 Å². The normalized spacial score (nSPS) is 24.3. The molecular weight excluding hydrogens is 228 g/mol. The van der Waals surface area contributed by atoms with Crippen LogP contribution in [-0.2, 0) is 0 Å². The van der Waals surface area contributed by atoms with Crippen molar-refractivity contribution in [1.82, 2.24) is 10.1 Å². The molecule has 2 aliphatic rings. The molecule has 0 bridgehead atoms. The number of likely N-dealkylation sites (tertiary alicyclic amines) is 1. The second-order valence-electron chi connectivity index (χ2n) is 5.45. The zero-order valence-corrected chi connectivity index (χ0v) is 10.9. The Kier molecular flexibility index (Phi) is 3.10. The average Bonchev–Trinajstić information content (AvgIpc) is 3.16. The number of carbonyl (C=O) groups excluding carboxylic acids is 1. The highest BCUT2D eigenvalue weighted by atomic mass is 16.5. The van der Waals surface area contributed by atoms with Crippen molar-refractivity contribution < 1.29 is 9.32 Å². The van der Waals surface area contributed by atoms with Crippen molar-refractivity contribution in [3.63, 3.8) is 0 Å². The molecule has 18 heavy (non-hydrogen) atoms. The third-order valence-electron chi connectivity index (χ3n) is 4.09. The van der Waals surface area contributed by atoms with Crippen LogP contribution >= 0.6 is 0 Å². The maximum Gasteiger partial charge on any atom is 0.276 e. The first-order valence-electron chi connectivity index (χ1n) is 7.07. The van der Waals surface area contributed by atoms with E-state index in [0.29, 0.717) is 17.7 Å². The molecule has 1 saturated carbocycles. The van der Waals surface area contributed by atoms with Gasteiger partial charge in [-0.05, 0) is 38.5 Å². The second kappa shape index (κ2) is 4.75. The minimum absolute atomic E-state index is 0.0530. The highest BCUT2D eigenvalue weighted by molar-refractivity contribution is 5.92. The van der Waals surface area contributed by atoms with Gasteiger partial charge in [0.2, 0.25) is 0 Å². The second-order valence-corrected chi connectivity index (χ2v) is 5.45. The molecule has 1 aliphatic heterocycles. The van der Waals surface area contributed by atoms with Gasteiger partial charge < -0.3 is 9.42 Å². The largest absolute Gasteiger partial charge is 0.360 e. The van der Waals surface area contributed by atoms with E-state index in [1.807, 2.05) is 11.0 Å². The van der Waals surface area contributed by atoms with Crippen molar-refractivity contribution in [3.8, 4) is 0 Å². The summed E-state index contributed by atoms with van der Waals surface area (Å²) in [6.45, 7) is 3.01. The standard InChI is InChI=1S/C14H20N2O2/c1-2-11-5-3-4-8-16(11)14(17)12-9-13(18-15-12)10-6-7-10/h9-11H,2-8H2,1H3/t11-/m1/s1. The summed E-state index contributed by atoms with van der Waals surface area (Å²) >= 11 is 0. The fourth-order valence-corrected chi connectivity index (χ4v) is 2.79. The van der Waals surface area contributed by atoms with Gasteiger partial charge in [-0.2, -0.15) is 0 Å². The molecule has 0 unspecified atom stereocenters. The van der Waals surface area contributed by atoms with Crippen LogP contribution in [0.25, 0.3) is 0 Å². The molecule has 1 aromatic heterocycles. The van der Waals surface area contributed by atoms with Gasteiger partial charge >= 0.3 is 0 Å². The van der Waals surface area contributed by atoms with Crippen LogP contribution in [-0.4, -0.2) is 28.6 Å². The molecule has 1 atom stereocenters. The number of hydrogen-bond acceptors (Lipinski definition) is 3. The van der Waals surface area contributed by atoms with E-state index in [1.165, 1.54) is 19.3 Å². The van der Waals surface area contributed by atoms with Gasteiger partial charge in [-0.25, -0.2) is 0 Å². The van der Waals surface area contributed by atoms with Crippen molar-refractivity contribution in [1.29, 1.82) is 0 Å². The molecule has 1 saturated heterocycles. The zero-order chi connectivity index (χ0) is 12.5. The van der Waals surface area contributed by atoms with Crippen LogP contribution in [0, 0.1) is 0 Å². The fourth-order valence-electron chi connectivity index (χ4n) is 2.79. The number of carbonyl (C=O) groups is 1. The molecule has 98 valence electrons. The van der Waals surface area contributed by atoms with Gasteiger partial charge in [0.05, 0.1) is 0 Å². The van der Waals surface area contributed by atoms with Gasteiger partial charge in [-0.1, -0.05) is 12.1 Å². The Labute approximate surface area is 107 Å². The minimum Gasteiger partial charge on any atom is -0.360 e.